The second-order valence-corrected chi connectivity index (χ2v) is 9.64. The molecule has 35 heavy (non-hydrogen) atoms. The van der Waals surface area contributed by atoms with Crippen molar-refractivity contribution < 1.29 is 19.4 Å². The van der Waals surface area contributed by atoms with Gasteiger partial charge in [0.1, 0.15) is 11.7 Å². The van der Waals surface area contributed by atoms with Crippen LogP contribution in [0.1, 0.15) is 62.8 Å². The molecule has 1 aromatic carbocycles. The Balaban J connectivity index is 1.93. The van der Waals surface area contributed by atoms with Crippen LogP contribution in [0.25, 0.3) is 0 Å². The molecule has 8 nitrogen and oxygen atoms in total. The highest BCUT2D eigenvalue weighted by atomic mass is 35.5. The zero-order valence-electron chi connectivity index (χ0n) is 20.5. The Morgan fingerprint density at radius 1 is 1.26 bits per heavy atom. The summed E-state index contributed by atoms with van der Waals surface area (Å²) >= 11 is 6.11. The summed E-state index contributed by atoms with van der Waals surface area (Å²) in [6, 6.07) is 10.4. The second-order valence-electron chi connectivity index (χ2n) is 9.23. The third-order valence-electron chi connectivity index (χ3n) is 5.10. The van der Waals surface area contributed by atoms with Gasteiger partial charge in [0.25, 0.3) is 0 Å². The minimum Gasteiger partial charge on any atom is -0.444 e. The van der Waals surface area contributed by atoms with Gasteiger partial charge in [-0.15, -0.1) is 0 Å². The lowest BCUT2D eigenvalue weighted by atomic mass is 10.1. The van der Waals surface area contributed by atoms with Gasteiger partial charge in [-0.2, -0.15) is 5.26 Å². The SMILES string of the molecule is CC(C)(C)OC(=O)NCCCCCN(CC(O)c1cccnc1)C(=O)Cc1ccc(C#N)c(Cl)c1. The van der Waals surface area contributed by atoms with Gasteiger partial charge in [-0.1, -0.05) is 23.7 Å². The molecule has 2 aromatic rings. The first kappa shape index (κ1) is 28.1. The largest absolute Gasteiger partial charge is 0.444 e. The number of amides is 2. The van der Waals surface area contributed by atoms with Crippen LogP contribution in [0.15, 0.2) is 42.7 Å². The molecule has 1 aromatic heterocycles. The van der Waals surface area contributed by atoms with Crippen molar-refractivity contribution in [3.8, 4) is 6.07 Å². The molecule has 1 heterocycles. The van der Waals surface area contributed by atoms with Crippen LogP contribution >= 0.6 is 11.6 Å². The van der Waals surface area contributed by atoms with Crippen LogP contribution in [-0.4, -0.2) is 52.2 Å². The number of nitrogens with zero attached hydrogens (tertiary/aromatic N) is 3. The van der Waals surface area contributed by atoms with Gasteiger partial charge in [0, 0.05) is 31.0 Å². The van der Waals surface area contributed by atoms with Gasteiger partial charge in [0.15, 0.2) is 0 Å². The summed E-state index contributed by atoms with van der Waals surface area (Å²) in [5, 5.41) is 22.7. The molecule has 0 radical (unpaired) electrons. The number of halogens is 1. The Labute approximate surface area is 211 Å². The van der Waals surface area contributed by atoms with Crippen molar-refractivity contribution in [3.05, 3.63) is 64.4 Å². The number of nitriles is 1. The normalized spacial score (nSPS) is 11.9. The van der Waals surface area contributed by atoms with Crippen LogP contribution in [0.3, 0.4) is 0 Å². The predicted octanol–water partition coefficient (Wildman–Crippen LogP) is 4.41. The summed E-state index contributed by atoms with van der Waals surface area (Å²) in [5.41, 5.74) is 1.14. The quantitative estimate of drug-likeness (QED) is 0.441. The van der Waals surface area contributed by atoms with E-state index >= 15 is 0 Å². The maximum Gasteiger partial charge on any atom is 0.407 e. The molecular weight excluding hydrogens is 468 g/mol. The topological polar surface area (TPSA) is 116 Å². The monoisotopic (exact) mass is 500 g/mol. The fraction of sp³-hybridized carbons (Fsp3) is 0.462. The highest BCUT2D eigenvalue weighted by molar-refractivity contribution is 6.31. The molecule has 0 spiro atoms. The number of nitrogens with one attached hydrogen (secondary N) is 1. The molecule has 0 saturated heterocycles. The summed E-state index contributed by atoms with van der Waals surface area (Å²) in [5.74, 6) is -0.152. The molecule has 0 fully saturated rings. The fourth-order valence-electron chi connectivity index (χ4n) is 3.36. The standard InChI is InChI=1S/C26H33ClN4O4/c1-26(2,3)35-25(34)30-12-5-4-6-13-31(18-23(32)21-8-7-11-29-17-21)24(33)15-19-9-10-20(16-28)22(27)14-19/h7-11,14,17,23,32H,4-6,12-13,15,18H2,1-3H3,(H,30,34). The number of aliphatic hydroxyl groups is 1. The third-order valence-corrected chi connectivity index (χ3v) is 5.41. The Morgan fingerprint density at radius 3 is 2.66 bits per heavy atom. The molecule has 188 valence electrons. The van der Waals surface area contributed by atoms with Gasteiger partial charge < -0.3 is 20.1 Å². The van der Waals surface area contributed by atoms with Gasteiger partial charge in [-0.25, -0.2) is 4.79 Å². The highest BCUT2D eigenvalue weighted by Gasteiger charge is 2.20. The van der Waals surface area contributed by atoms with Gasteiger partial charge in [0.2, 0.25) is 5.91 Å². The number of carbonyl (C=O) groups excluding carboxylic acids is 2. The molecule has 9 heteroatoms. The molecule has 0 saturated carbocycles. The molecule has 2 amide bonds. The Kier molecular flexibility index (Phi) is 11.0. The summed E-state index contributed by atoms with van der Waals surface area (Å²) in [4.78, 5) is 30.5. The van der Waals surface area contributed by atoms with Crippen LogP contribution in [-0.2, 0) is 16.0 Å². The second kappa shape index (κ2) is 13.7. The maximum atomic E-state index is 13.1. The van der Waals surface area contributed by atoms with Gasteiger partial charge >= 0.3 is 6.09 Å². The van der Waals surface area contributed by atoms with Crippen LogP contribution in [0.5, 0.6) is 0 Å². The lowest BCUT2D eigenvalue weighted by Crippen LogP contribution is -2.37. The van der Waals surface area contributed by atoms with E-state index < -0.39 is 17.8 Å². The zero-order chi connectivity index (χ0) is 25.8. The van der Waals surface area contributed by atoms with E-state index in [1.54, 1.807) is 47.6 Å². The van der Waals surface area contributed by atoms with Gasteiger partial charge in [0.05, 0.1) is 29.7 Å². The minimum absolute atomic E-state index is 0.103. The number of unbranched alkanes of at least 4 members (excludes halogenated alkanes) is 2. The first-order valence-electron chi connectivity index (χ1n) is 11.6. The minimum atomic E-state index is -0.869. The Hall–Kier alpha value is -3.15. The molecule has 2 N–H and O–H groups in total. The number of hydrogen-bond donors (Lipinski definition) is 2. The Morgan fingerprint density at radius 2 is 2.03 bits per heavy atom. The van der Waals surface area contributed by atoms with E-state index in [1.807, 2.05) is 26.8 Å². The van der Waals surface area contributed by atoms with E-state index in [2.05, 4.69) is 10.3 Å². The van der Waals surface area contributed by atoms with Crippen LogP contribution in [0, 0.1) is 11.3 Å². The van der Waals surface area contributed by atoms with Crippen molar-refractivity contribution in [2.45, 2.75) is 58.2 Å². The summed E-state index contributed by atoms with van der Waals surface area (Å²) in [6.45, 7) is 6.49. The van der Waals surface area contributed by atoms with Gasteiger partial charge in [-0.3, -0.25) is 9.78 Å². The summed E-state index contributed by atoms with van der Waals surface area (Å²) in [6.07, 6.45) is 4.21. The van der Waals surface area contributed by atoms with Crippen LogP contribution in [0.4, 0.5) is 4.79 Å². The molecule has 1 unspecified atom stereocenters. The van der Waals surface area contributed by atoms with Crippen molar-refractivity contribution in [1.82, 2.24) is 15.2 Å². The average molecular weight is 501 g/mol. The first-order valence-corrected chi connectivity index (χ1v) is 12.0. The molecule has 0 bridgehead atoms. The van der Waals surface area contributed by atoms with Crippen molar-refractivity contribution in [3.63, 3.8) is 0 Å². The predicted molar refractivity (Wildman–Crippen MR) is 134 cm³/mol. The van der Waals surface area contributed by atoms with Crippen molar-refractivity contribution in [2.24, 2.45) is 0 Å². The van der Waals surface area contributed by atoms with Crippen molar-refractivity contribution in [2.75, 3.05) is 19.6 Å². The fourth-order valence-corrected chi connectivity index (χ4v) is 3.61. The first-order chi connectivity index (χ1) is 16.6. The van der Waals surface area contributed by atoms with Crippen LogP contribution < -0.4 is 5.32 Å². The highest BCUT2D eigenvalue weighted by Crippen LogP contribution is 2.19. The maximum absolute atomic E-state index is 13.1. The number of ether oxygens (including phenoxy) is 1. The molecule has 1 atom stereocenters. The number of benzene rings is 1. The number of aromatic nitrogens is 1. The molecular formula is C26H33ClN4O4. The average Bonchev–Trinajstić information content (AvgIpc) is 2.79. The van der Waals surface area contributed by atoms with Gasteiger partial charge in [-0.05, 0) is 63.8 Å². The van der Waals surface area contributed by atoms with Crippen molar-refractivity contribution in [1.29, 1.82) is 5.26 Å². The zero-order valence-corrected chi connectivity index (χ0v) is 21.2. The lowest BCUT2D eigenvalue weighted by molar-refractivity contribution is -0.132. The number of carbonyl (C=O) groups is 2. The lowest BCUT2D eigenvalue weighted by Gasteiger charge is -2.26. The Bertz CT molecular complexity index is 1020. The van der Waals surface area contributed by atoms with E-state index in [0.29, 0.717) is 41.2 Å². The molecule has 0 aliphatic heterocycles. The smallest absolute Gasteiger partial charge is 0.407 e. The molecule has 2 rings (SSSR count). The van der Waals surface area contributed by atoms with E-state index in [9.17, 15) is 14.7 Å². The molecule has 0 aliphatic carbocycles. The number of aliphatic hydroxyl groups excluding tert-OH is 1. The third kappa shape index (κ3) is 10.3. The summed E-state index contributed by atoms with van der Waals surface area (Å²) in [7, 11) is 0. The summed E-state index contributed by atoms with van der Waals surface area (Å²) < 4.78 is 5.22. The van der Waals surface area contributed by atoms with Crippen LogP contribution in [0.2, 0.25) is 5.02 Å². The number of rotatable bonds is 11. The van der Waals surface area contributed by atoms with E-state index in [4.69, 9.17) is 21.6 Å². The number of pyridine rings is 1. The molecule has 0 aliphatic rings. The van der Waals surface area contributed by atoms with E-state index in [-0.39, 0.29) is 18.9 Å². The van der Waals surface area contributed by atoms with E-state index in [1.165, 1.54) is 0 Å². The van der Waals surface area contributed by atoms with Crippen molar-refractivity contribution >= 4 is 23.6 Å². The van der Waals surface area contributed by atoms with E-state index in [0.717, 1.165) is 12.8 Å². The number of alkyl carbamates (subject to hydrolysis) is 1. The number of hydrogen-bond acceptors (Lipinski definition) is 6.